The summed E-state index contributed by atoms with van der Waals surface area (Å²) >= 11 is 0. The zero-order valence-corrected chi connectivity index (χ0v) is 15.1. The van der Waals surface area contributed by atoms with E-state index in [-0.39, 0.29) is 30.1 Å². The van der Waals surface area contributed by atoms with Crippen LogP contribution in [-0.2, 0) is 0 Å². The largest absolute Gasteiger partial charge is 0.348 e. The van der Waals surface area contributed by atoms with Crippen molar-refractivity contribution in [1.29, 1.82) is 0 Å². The van der Waals surface area contributed by atoms with Crippen molar-refractivity contribution < 1.29 is 9.18 Å². The van der Waals surface area contributed by atoms with Crippen LogP contribution in [0.2, 0.25) is 0 Å². The third-order valence-corrected chi connectivity index (χ3v) is 4.10. The molecule has 25 heavy (non-hydrogen) atoms. The molecule has 1 unspecified atom stereocenters. The molecule has 1 saturated heterocycles. The normalized spacial score (nSPS) is 16.7. The Morgan fingerprint density at radius 1 is 1.44 bits per heavy atom. The molecule has 3 rings (SSSR count). The Labute approximate surface area is 152 Å². The lowest BCUT2D eigenvalue weighted by atomic mass is 10.2. The van der Waals surface area contributed by atoms with Gasteiger partial charge in [0.05, 0.1) is 0 Å². The number of para-hydroxylation sites is 1. The van der Waals surface area contributed by atoms with Crippen molar-refractivity contribution in [2.75, 3.05) is 13.1 Å². The first-order chi connectivity index (χ1) is 11.6. The number of carbonyl (C=O) groups is 1. The Morgan fingerprint density at radius 3 is 2.84 bits per heavy atom. The highest BCUT2D eigenvalue weighted by Gasteiger charge is 2.22. The van der Waals surface area contributed by atoms with Crippen molar-refractivity contribution in [2.24, 2.45) is 0 Å². The van der Waals surface area contributed by atoms with Gasteiger partial charge in [-0.15, -0.1) is 17.5 Å². The Bertz CT molecular complexity index is 728. The number of carbonyl (C=O) groups excluding carboxylic acids is 1. The van der Waals surface area contributed by atoms with Crippen molar-refractivity contribution >= 4 is 18.3 Å². The van der Waals surface area contributed by atoms with Gasteiger partial charge in [-0.05, 0) is 31.5 Å². The van der Waals surface area contributed by atoms with E-state index in [2.05, 4.69) is 20.7 Å². The third kappa shape index (κ3) is 4.35. The van der Waals surface area contributed by atoms with Gasteiger partial charge in [0.25, 0.3) is 5.91 Å². The second-order valence-corrected chi connectivity index (χ2v) is 6.31. The van der Waals surface area contributed by atoms with Crippen LogP contribution in [0.15, 0.2) is 24.3 Å². The molecule has 8 heteroatoms. The fraction of sp³-hybridized carbons (Fsp3) is 0.471. The minimum absolute atomic E-state index is 0. The van der Waals surface area contributed by atoms with Gasteiger partial charge in [0.1, 0.15) is 17.3 Å². The highest BCUT2D eigenvalue weighted by Crippen LogP contribution is 2.19. The van der Waals surface area contributed by atoms with Crippen LogP contribution in [0.25, 0.3) is 5.69 Å². The average Bonchev–Trinajstić information content (AvgIpc) is 3.22. The molecule has 1 aromatic heterocycles. The van der Waals surface area contributed by atoms with E-state index in [1.54, 1.807) is 18.2 Å². The molecule has 1 aromatic carbocycles. The van der Waals surface area contributed by atoms with Gasteiger partial charge in [0.2, 0.25) is 5.82 Å². The van der Waals surface area contributed by atoms with E-state index in [1.807, 2.05) is 13.8 Å². The number of amides is 1. The summed E-state index contributed by atoms with van der Waals surface area (Å²) in [6.07, 6.45) is 2.17. The minimum atomic E-state index is -0.397. The number of hydrogen-bond acceptors (Lipinski definition) is 4. The van der Waals surface area contributed by atoms with E-state index in [1.165, 1.54) is 10.7 Å². The number of halogens is 2. The van der Waals surface area contributed by atoms with Gasteiger partial charge in [0.15, 0.2) is 0 Å². The molecule has 1 amide bonds. The topological polar surface area (TPSA) is 71.8 Å². The molecular formula is C17H23ClFN5O. The van der Waals surface area contributed by atoms with E-state index in [0.29, 0.717) is 24.1 Å². The summed E-state index contributed by atoms with van der Waals surface area (Å²) in [5, 5.41) is 10.4. The maximum atomic E-state index is 14.1. The van der Waals surface area contributed by atoms with E-state index in [9.17, 15) is 9.18 Å². The van der Waals surface area contributed by atoms with Gasteiger partial charge in [-0.2, -0.15) is 0 Å². The number of nitrogens with one attached hydrogen (secondary N) is 2. The lowest BCUT2D eigenvalue weighted by Gasteiger charge is -2.09. The van der Waals surface area contributed by atoms with Crippen LogP contribution in [0.3, 0.4) is 0 Å². The summed E-state index contributed by atoms with van der Waals surface area (Å²) in [6.45, 7) is 5.40. The summed E-state index contributed by atoms with van der Waals surface area (Å²) in [5.41, 5.74) is 0.296. The van der Waals surface area contributed by atoms with E-state index >= 15 is 0 Å². The Kier molecular flexibility index (Phi) is 6.50. The lowest BCUT2D eigenvalue weighted by Crippen LogP contribution is -2.37. The van der Waals surface area contributed by atoms with Crippen LogP contribution in [-0.4, -0.2) is 39.8 Å². The molecule has 2 heterocycles. The fourth-order valence-electron chi connectivity index (χ4n) is 2.82. The van der Waals surface area contributed by atoms with Gasteiger partial charge < -0.3 is 10.6 Å². The van der Waals surface area contributed by atoms with Crippen molar-refractivity contribution in [3.05, 3.63) is 41.7 Å². The second kappa shape index (κ2) is 8.40. The third-order valence-electron chi connectivity index (χ3n) is 4.10. The maximum absolute atomic E-state index is 14.1. The number of hydrogen-bond donors (Lipinski definition) is 2. The second-order valence-electron chi connectivity index (χ2n) is 6.31. The summed E-state index contributed by atoms with van der Waals surface area (Å²) in [7, 11) is 0. The molecule has 1 aliphatic heterocycles. The molecule has 6 nitrogen and oxygen atoms in total. The molecule has 0 bridgehead atoms. The molecule has 2 aromatic rings. The van der Waals surface area contributed by atoms with Gasteiger partial charge in [-0.25, -0.2) is 14.1 Å². The summed E-state index contributed by atoms with van der Waals surface area (Å²) in [5.74, 6) is -0.0913. The Balaban J connectivity index is 0.00000225. The quantitative estimate of drug-likeness (QED) is 0.851. The van der Waals surface area contributed by atoms with Gasteiger partial charge >= 0.3 is 0 Å². The number of nitrogens with zero attached hydrogens (tertiary/aromatic N) is 3. The van der Waals surface area contributed by atoms with Gasteiger partial charge in [0, 0.05) is 18.5 Å². The minimum Gasteiger partial charge on any atom is -0.348 e. The number of rotatable bonds is 5. The molecule has 0 radical (unpaired) electrons. The Hall–Kier alpha value is -1.99. The summed E-state index contributed by atoms with van der Waals surface area (Å²) < 4.78 is 15.5. The van der Waals surface area contributed by atoms with Crippen LogP contribution < -0.4 is 10.6 Å². The molecule has 0 saturated carbocycles. The van der Waals surface area contributed by atoms with Crippen LogP contribution in [0.5, 0.6) is 0 Å². The van der Waals surface area contributed by atoms with Crippen molar-refractivity contribution in [2.45, 2.75) is 38.6 Å². The fourth-order valence-corrected chi connectivity index (χ4v) is 2.82. The summed E-state index contributed by atoms with van der Waals surface area (Å²) in [6, 6.07) is 6.64. The monoisotopic (exact) mass is 367 g/mol. The van der Waals surface area contributed by atoms with Crippen molar-refractivity contribution in [1.82, 2.24) is 25.4 Å². The predicted octanol–water partition coefficient (Wildman–Crippen LogP) is 2.43. The van der Waals surface area contributed by atoms with Gasteiger partial charge in [-0.1, -0.05) is 26.0 Å². The lowest BCUT2D eigenvalue weighted by molar-refractivity contribution is 0.0940. The standard InChI is InChI=1S/C17H22FN5O.ClH/c1-11(2)16-21-15(17(24)20-10-12-6-5-9-19-12)22-23(16)14-8-4-3-7-13(14)18;/h3-4,7-8,11-12,19H,5-6,9-10H2,1-2H3,(H,20,24);1H. The summed E-state index contributed by atoms with van der Waals surface area (Å²) in [4.78, 5) is 16.7. The van der Waals surface area contributed by atoms with Crippen LogP contribution >= 0.6 is 12.4 Å². The highest BCUT2D eigenvalue weighted by molar-refractivity contribution is 5.90. The SMILES string of the molecule is CC(C)c1nc(C(=O)NCC2CCCN2)nn1-c1ccccc1F.Cl. The number of aromatic nitrogens is 3. The first-order valence-electron chi connectivity index (χ1n) is 8.29. The van der Waals surface area contributed by atoms with E-state index in [0.717, 1.165) is 19.4 Å². The van der Waals surface area contributed by atoms with Crippen molar-refractivity contribution in [3.8, 4) is 5.69 Å². The molecule has 0 aliphatic carbocycles. The molecular weight excluding hydrogens is 345 g/mol. The zero-order valence-electron chi connectivity index (χ0n) is 14.3. The van der Waals surface area contributed by atoms with Crippen LogP contribution in [0, 0.1) is 5.82 Å². The van der Waals surface area contributed by atoms with E-state index < -0.39 is 5.82 Å². The van der Waals surface area contributed by atoms with E-state index in [4.69, 9.17) is 0 Å². The first kappa shape index (κ1) is 19.3. The molecule has 2 N–H and O–H groups in total. The highest BCUT2D eigenvalue weighted by atomic mass is 35.5. The molecule has 1 aliphatic rings. The predicted molar refractivity (Wildman–Crippen MR) is 96.0 cm³/mol. The average molecular weight is 368 g/mol. The van der Waals surface area contributed by atoms with Crippen molar-refractivity contribution in [3.63, 3.8) is 0 Å². The molecule has 136 valence electrons. The Morgan fingerprint density at radius 2 is 2.20 bits per heavy atom. The van der Waals surface area contributed by atoms with Crippen LogP contribution in [0.4, 0.5) is 4.39 Å². The zero-order chi connectivity index (χ0) is 17.1. The number of benzene rings is 1. The maximum Gasteiger partial charge on any atom is 0.291 e. The van der Waals surface area contributed by atoms with Gasteiger partial charge in [-0.3, -0.25) is 4.79 Å². The van der Waals surface area contributed by atoms with Crippen LogP contribution in [0.1, 0.15) is 49.1 Å². The molecule has 1 fully saturated rings. The molecule has 0 spiro atoms. The first-order valence-corrected chi connectivity index (χ1v) is 8.29. The smallest absolute Gasteiger partial charge is 0.291 e. The molecule has 1 atom stereocenters.